The number of nitrogens with zero attached hydrogens (tertiary/aromatic N) is 3. The molecule has 9 heteroatoms. The van der Waals surface area contributed by atoms with Crippen LogP contribution in [-0.2, 0) is 6.42 Å². The van der Waals surface area contributed by atoms with E-state index in [1.54, 1.807) is 23.1 Å². The zero-order valence-electron chi connectivity index (χ0n) is 13.7. The van der Waals surface area contributed by atoms with Crippen molar-refractivity contribution in [2.24, 2.45) is 0 Å². The van der Waals surface area contributed by atoms with Crippen LogP contribution >= 0.6 is 11.3 Å². The van der Waals surface area contributed by atoms with E-state index in [0.717, 1.165) is 11.3 Å². The van der Waals surface area contributed by atoms with Crippen molar-refractivity contribution < 1.29 is 19.0 Å². The first-order chi connectivity index (χ1) is 12.0. The van der Waals surface area contributed by atoms with Crippen LogP contribution in [0.1, 0.15) is 18.4 Å². The molecule has 0 aliphatic carbocycles. The Hall–Kier alpha value is -2.26. The summed E-state index contributed by atoms with van der Waals surface area (Å²) >= 11 is 1.13. The van der Waals surface area contributed by atoms with E-state index in [1.807, 2.05) is 0 Å². The number of amides is 2. The second-order valence-corrected chi connectivity index (χ2v) is 6.93. The minimum absolute atomic E-state index is 0.239. The third kappa shape index (κ3) is 4.23. The zero-order chi connectivity index (χ0) is 17.9. The fraction of sp³-hybridized carbons (Fsp3) is 0.438. The number of aromatic nitrogens is 2. The van der Waals surface area contributed by atoms with Gasteiger partial charge in [-0.1, -0.05) is 23.3 Å². The highest BCUT2D eigenvalue weighted by Gasteiger charge is 2.34. The summed E-state index contributed by atoms with van der Waals surface area (Å²) < 4.78 is 18.7. The van der Waals surface area contributed by atoms with Gasteiger partial charge in [-0.2, -0.15) is 0 Å². The number of nitrogens with one attached hydrogen (secondary N) is 1. The average Bonchev–Trinajstić information content (AvgIpc) is 3.05. The molecule has 2 aromatic rings. The number of urea groups is 1. The van der Waals surface area contributed by atoms with Gasteiger partial charge in [0.2, 0.25) is 5.13 Å². The molecule has 0 bridgehead atoms. The van der Waals surface area contributed by atoms with Crippen LogP contribution < -0.4 is 10.1 Å². The van der Waals surface area contributed by atoms with Gasteiger partial charge in [-0.05, 0) is 35.8 Å². The molecule has 0 saturated carbocycles. The lowest BCUT2D eigenvalue weighted by Gasteiger charge is -2.38. The van der Waals surface area contributed by atoms with E-state index in [0.29, 0.717) is 41.8 Å². The molecule has 0 atom stereocenters. The van der Waals surface area contributed by atoms with Gasteiger partial charge in [0.05, 0.1) is 12.7 Å². The third-order valence-corrected chi connectivity index (χ3v) is 5.05. The molecule has 1 aliphatic heterocycles. The predicted molar refractivity (Wildman–Crippen MR) is 91.3 cm³/mol. The number of likely N-dealkylation sites (tertiary alicyclic amines) is 1. The van der Waals surface area contributed by atoms with Gasteiger partial charge in [-0.25, -0.2) is 9.18 Å². The molecular formula is C16H19FN4O3S. The molecule has 0 spiro atoms. The summed E-state index contributed by atoms with van der Waals surface area (Å²) in [5.41, 5.74) is -0.519. The van der Waals surface area contributed by atoms with Gasteiger partial charge in [-0.15, -0.1) is 5.10 Å². The number of piperidine rings is 1. The van der Waals surface area contributed by atoms with Gasteiger partial charge in [0.25, 0.3) is 5.19 Å². The first kappa shape index (κ1) is 17.6. The molecule has 0 unspecified atom stereocenters. The van der Waals surface area contributed by atoms with E-state index < -0.39 is 5.60 Å². The predicted octanol–water partition coefficient (Wildman–Crippen LogP) is 2.29. The number of benzene rings is 1. The van der Waals surface area contributed by atoms with Crippen molar-refractivity contribution in [2.45, 2.75) is 24.9 Å². The zero-order valence-corrected chi connectivity index (χ0v) is 14.6. The Bertz CT molecular complexity index is 746. The van der Waals surface area contributed by atoms with E-state index in [1.165, 1.54) is 13.2 Å². The summed E-state index contributed by atoms with van der Waals surface area (Å²) in [6, 6.07) is 6.14. The number of carbonyl (C=O) groups is 1. The van der Waals surface area contributed by atoms with Crippen LogP contribution in [0, 0.1) is 5.82 Å². The molecule has 2 amide bonds. The number of aliphatic hydroxyl groups is 1. The van der Waals surface area contributed by atoms with Gasteiger partial charge in [0.15, 0.2) is 0 Å². The second kappa shape index (κ2) is 7.32. The third-order valence-electron chi connectivity index (χ3n) is 4.25. The number of ether oxygens (including phenoxy) is 1. The average molecular weight is 366 g/mol. The Morgan fingerprint density at radius 1 is 1.40 bits per heavy atom. The number of anilines is 1. The first-order valence-corrected chi connectivity index (χ1v) is 8.70. The van der Waals surface area contributed by atoms with Crippen molar-refractivity contribution in [1.82, 2.24) is 15.1 Å². The molecule has 2 heterocycles. The molecule has 1 saturated heterocycles. The minimum Gasteiger partial charge on any atom is -0.472 e. The topological polar surface area (TPSA) is 87.6 Å². The Morgan fingerprint density at radius 3 is 2.76 bits per heavy atom. The Kier molecular flexibility index (Phi) is 5.14. The van der Waals surface area contributed by atoms with Crippen LogP contribution in [0.5, 0.6) is 5.19 Å². The molecule has 1 aliphatic rings. The molecule has 0 radical (unpaired) electrons. The Balaban J connectivity index is 1.55. The first-order valence-electron chi connectivity index (χ1n) is 7.88. The van der Waals surface area contributed by atoms with Gasteiger partial charge in [0, 0.05) is 19.5 Å². The number of methoxy groups -OCH3 is 1. The van der Waals surface area contributed by atoms with Gasteiger partial charge >= 0.3 is 6.03 Å². The van der Waals surface area contributed by atoms with Crippen molar-refractivity contribution in [3.8, 4) is 5.19 Å². The number of carbonyl (C=O) groups excluding carboxylic acids is 1. The normalized spacial score (nSPS) is 16.5. The maximum absolute atomic E-state index is 13.8. The molecule has 2 N–H and O–H groups in total. The van der Waals surface area contributed by atoms with Crippen LogP contribution in [0.25, 0.3) is 0 Å². The molecule has 1 fully saturated rings. The Labute approximate surface area is 148 Å². The molecular weight excluding hydrogens is 347 g/mol. The Morgan fingerprint density at radius 2 is 2.12 bits per heavy atom. The molecule has 1 aromatic carbocycles. The lowest BCUT2D eigenvalue weighted by atomic mass is 9.85. The maximum atomic E-state index is 13.8. The highest BCUT2D eigenvalue weighted by atomic mass is 32.1. The van der Waals surface area contributed by atoms with E-state index in [2.05, 4.69) is 15.5 Å². The summed E-state index contributed by atoms with van der Waals surface area (Å²) in [6.07, 6.45) is 1.01. The van der Waals surface area contributed by atoms with Gasteiger partial charge < -0.3 is 14.7 Å². The monoisotopic (exact) mass is 366 g/mol. The lowest BCUT2D eigenvalue weighted by molar-refractivity contribution is -0.0111. The molecule has 25 heavy (non-hydrogen) atoms. The second-order valence-electron chi connectivity index (χ2n) is 5.99. The number of hydrogen-bond acceptors (Lipinski definition) is 6. The minimum atomic E-state index is -1.01. The van der Waals surface area contributed by atoms with E-state index in [9.17, 15) is 14.3 Å². The summed E-state index contributed by atoms with van der Waals surface area (Å²) in [4.78, 5) is 13.9. The fourth-order valence-electron chi connectivity index (χ4n) is 2.81. The summed E-state index contributed by atoms with van der Waals surface area (Å²) in [6.45, 7) is 0.763. The van der Waals surface area contributed by atoms with Crippen LogP contribution in [0.15, 0.2) is 24.3 Å². The quantitative estimate of drug-likeness (QED) is 0.867. The van der Waals surface area contributed by atoms with E-state index in [-0.39, 0.29) is 18.3 Å². The van der Waals surface area contributed by atoms with E-state index in [4.69, 9.17) is 4.74 Å². The van der Waals surface area contributed by atoms with Crippen LogP contribution in [0.4, 0.5) is 14.3 Å². The van der Waals surface area contributed by atoms with Gasteiger partial charge in [0.1, 0.15) is 5.82 Å². The smallest absolute Gasteiger partial charge is 0.323 e. The van der Waals surface area contributed by atoms with E-state index >= 15 is 0 Å². The fourth-order valence-corrected chi connectivity index (χ4v) is 3.36. The van der Waals surface area contributed by atoms with Crippen LogP contribution in [0.2, 0.25) is 0 Å². The summed E-state index contributed by atoms with van der Waals surface area (Å²) in [5.74, 6) is -0.318. The van der Waals surface area contributed by atoms with Crippen molar-refractivity contribution in [3.05, 3.63) is 35.6 Å². The standard InChI is InChI=1S/C16H19FN4O3S/c1-24-15-20-19-13(25-15)18-14(22)21-8-6-16(23,7-9-21)10-11-4-2-3-5-12(11)17/h2-5,23H,6-10H2,1H3,(H,18,19,22). The molecule has 7 nitrogen and oxygen atoms in total. The van der Waals surface area contributed by atoms with Crippen molar-refractivity contribution in [3.63, 3.8) is 0 Å². The molecule has 1 aromatic heterocycles. The number of hydrogen-bond donors (Lipinski definition) is 2. The SMILES string of the molecule is COc1nnc(NC(=O)N2CCC(O)(Cc3ccccc3F)CC2)s1. The van der Waals surface area contributed by atoms with Crippen molar-refractivity contribution in [2.75, 3.05) is 25.5 Å². The number of halogens is 1. The molecule has 3 rings (SSSR count). The van der Waals surface area contributed by atoms with Crippen molar-refractivity contribution in [1.29, 1.82) is 0 Å². The number of rotatable bonds is 4. The summed E-state index contributed by atoms with van der Waals surface area (Å²) in [5, 5.41) is 21.7. The highest BCUT2D eigenvalue weighted by Crippen LogP contribution is 2.28. The summed E-state index contributed by atoms with van der Waals surface area (Å²) in [7, 11) is 1.48. The van der Waals surface area contributed by atoms with Crippen LogP contribution in [-0.4, -0.2) is 52.0 Å². The highest BCUT2D eigenvalue weighted by molar-refractivity contribution is 7.17. The largest absolute Gasteiger partial charge is 0.472 e. The van der Waals surface area contributed by atoms with Crippen molar-refractivity contribution >= 4 is 22.5 Å². The van der Waals surface area contributed by atoms with Crippen LogP contribution in [0.3, 0.4) is 0 Å². The maximum Gasteiger partial charge on any atom is 0.323 e. The van der Waals surface area contributed by atoms with Gasteiger partial charge in [-0.3, -0.25) is 5.32 Å². The molecule has 134 valence electrons. The lowest BCUT2D eigenvalue weighted by Crippen LogP contribution is -2.49.